The molecule has 1 amide bonds. The number of nitrogens with two attached hydrogens (primary N) is 1. The standard InChI is InChI=1S/C24H31N7O3S.H2O/c1-24(2,25)23(32)26-20(16-34-15-17-9-5-4-6-10-17)22-27-28-29-30(22)13-18-14-31(35(3)33)21-12-8-7-11-19(18)21;/h4-12,18,20H,13-16,25H2,1-3H3,(H,26,32);1H2/t18?,20-,35?;/m1./s1. The van der Waals surface area contributed by atoms with Crippen molar-refractivity contribution in [3.63, 3.8) is 0 Å². The molecule has 11 nitrogen and oxygen atoms in total. The second-order valence-electron chi connectivity index (χ2n) is 9.21. The molecule has 0 fully saturated rings. The highest BCUT2D eigenvalue weighted by Crippen LogP contribution is 2.37. The number of carbonyl (C=O) groups excluding carboxylic acids is 1. The van der Waals surface area contributed by atoms with Crippen LogP contribution >= 0.6 is 0 Å². The first kappa shape index (κ1) is 27.4. The van der Waals surface area contributed by atoms with Gasteiger partial charge in [0.25, 0.3) is 0 Å². The zero-order valence-electron chi connectivity index (χ0n) is 20.6. The Kier molecular flexibility index (Phi) is 8.90. The van der Waals surface area contributed by atoms with Gasteiger partial charge in [0.15, 0.2) is 5.82 Å². The second-order valence-corrected chi connectivity index (χ2v) is 10.5. The molecule has 1 aromatic heterocycles. The maximum atomic E-state index is 12.7. The molecule has 0 saturated carbocycles. The van der Waals surface area contributed by atoms with Gasteiger partial charge in [-0.25, -0.2) is 8.89 Å². The minimum absolute atomic E-state index is 0. The molecule has 0 bridgehead atoms. The lowest BCUT2D eigenvalue weighted by molar-refractivity contribution is -0.126. The Morgan fingerprint density at radius 1 is 1.22 bits per heavy atom. The molecule has 0 radical (unpaired) electrons. The first-order valence-electron chi connectivity index (χ1n) is 11.4. The monoisotopic (exact) mass is 515 g/mol. The fourth-order valence-corrected chi connectivity index (χ4v) is 4.88. The summed E-state index contributed by atoms with van der Waals surface area (Å²) in [5, 5.41) is 15.3. The van der Waals surface area contributed by atoms with Crippen LogP contribution in [-0.2, 0) is 33.7 Å². The summed E-state index contributed by atoms with van der Waals surface area (Å²) in [4.78, 5) is 12.7. The Bertz CT molecular complexity index is 1180. The number of hydrogen-bond donors (Lipinski definition) is 2. The highest BCUT2D eigenvalue weighted by atomic mass is 32.2. The van der Waals surface area contributed by atoms with Crippen molar-refractivity contribution < 1.29 is 19.2 Å². The van der Waals surface area contributed by atoms with Crippen LogP contribution in [0.4, 0.5) is 5.69 Å². The molecule has 1 aliphatic rings. The Morgan fingerprint density at radius 3 is 2.61 bits per heavy atom. The van der Waals surface area contributed by atoms with Crippen LogP contribution in [0, 0.1) is 0 Å². The first-order chi connectivity index (χ1) is 16.7. The van der Waals surface area contributed by atoms with Crippen molar-refractivity contribution in [2.75, 3.05) is 23.7 Å². The largest absolute Gasteiger partial charge is 0.412 e. The van der Waals surface area contributed by atoms with E-state index in [1.54, 1.807) is 24.8 Å². The van der Waals surface area contributed by atoms with Gasteiger partial charge >= 0.3 is 0 Å². The Balaban J connectivity index is 0.00000361. The van der Waals surface area contributed by atoms with Crippen molar-refractivity contribution in [2.45, 2.75) is 44.5 Å². The van der Waals surface area contributed by atoms with Crippen molar-refractivity contribution in [3.05, 3.63) is 71.5 Å². The van der Waals surface area contributed by atoms with Crippen LogP contribution in [-0.4, -0.2) is 60.7 Å². The van der Waals surface area contributed by atoms with Crippen LogP contribution in [0.15, 0.2) is 54.6 Å². The van der Waals surface area contributed by atoms with Gasteiger partial charge in [-0.1, -0.05) is 48.5 Å². The lowest BCUT2D eigenvalue weighted by Crippen LogP contribution is -2.51. The molecule has 2 heterocycles. The number of amides is 1. The van der Waals surface area contributed by atoms with Crippen molar-refractivity contribution in [1.29, 1.82) is 0 Å². The van der Waals surface area contributed by atoms with Crippen LogP contribution in [0.5, 0.6) is 0 Å². The normalized spacial score (nSPS) is 16.7. The highest BCUT2D eigenvalue weighted by molar-refractivity contribution is 7.85. The molecular formula is C24H33N7O4S. The molecule has 0 saturated heterocycles. The molecule has 4 rings (SSSR count). The number of rotatable bonds is 10. The minimum Gasteiger partial charge on any atom is -0.412 e. The van der Waals surface area contributed by atoms with Gasteiger partial charge in [-0.3, -0.25) is 9.10 Å². The summed E-state index contributed by atoms with van der Waals surface area (Å²) in [7, 11) is -1.14. The summed E-state index contributed by atoms with van der Waals surface area (Å²) >= 11 is 0. The number of hydrogen-bond acceptors (Lipinski definition) is 7. The SMILES string of the molecule is CS(=O)N1CC(Cn2nnnc2[C@@H](COCc2ccccc2)NC(=O)C(C)(C)N)c2ccccc21.O. The average Bonchev–Trinajstić information content (AvgIpc) is 3.44. The molecule has 3 atom stereocenters. The quantitative estimate of drug-likeness (QED) is 0.405. The van der Waals surface area contributed by atoms with E-state index in [2.05, 4.69) is 20.8 Å². The third-order valence-corrected chi connectivity index (χ3v) is 6.86. The van der Waals surface area contributed by atoms with Gasteiger partial charge in [0.1, 0.15) is 17.0 Å². The van der Waals surface area contributed by atoms with Crippen LogP contribution in [0.1, 0.15) is 42.8 Å². The van der Waals surface area contributed by atoms with Gasteiger partial charge in [-0.2, -0.15) is 0 Å². The molecule has 5 N–H and O–H groups in total. The topological polar surface area (TPSA) is 160 Å². The second kappa shape index (κ2) is 11.7. The Morgan fingerprint density at radius 2 is 1.92 bits per heavy atom. The van der Waals surface area contributed by atoms with E-state index in [0.717, 1.165) is 16.8 Å². The van der Waals surface area contributed by atoms with Crippen LogP contribution in [0.2, 0.25) is 0 Å². The number of carbonyl (C=O) groups is 1. The first-order valence-corrected chi connectivity index (χ1v) is 12.9. The Hall–Kier alpha value is -3.19. The number of tetrazole rings is 1. The van der Waals surface area contributed by atoms with Gasteiger partial charge in [-0.05, 0) is 41.5 Å². The van der Waals surface area contributed by atoms with E-state index in [9.17, 15) is 9.00 Å². The third-order valence-electron chi connectivity index (χ3n) is 5.89. The number of ether oxygens (including phenoxy) is 1. The van der Waals surface area contributed by atoms with Crippen molar-refractivity contribution in [2.24, 2.45) is 5.73 Å². The maximum absolute atomic E-state index is 12.7. The summed E-state index contributed by atoms with van der Waals surface area (Å²) in [6.45, 7) is 4.88. The van der Waals surface area contributed by atoms with Gasteiger partial charge in [0.2, 0.25) is 5.91 Å². The van der Waals surface area contributed by atoms with E-state index < -0.39 is 22.6 Å². The lowest BCUT2D eigenvalue weighted by Gasteiger charge is -2.24. The van der Waals surface area contributed by atoms with Crippen LogP contribution in [0.25, 0.3) is 0 Å². The van der Waals surface area contributed by atoms with Crippen molar-refractivity contribution >= 4 is 22.6 Å². The van der Waals surface area contributed by atoms with Gasteiger partial charge in [-0.15, -0.1) is 5.10 Å². The number of nitrogens with zero attached hydrogens (tertiary/aromatic N) is 5. The van der Waals surface area contributed by atoms with E-state index in [4.69, 9.17) is 10.5 Å². The fourth-order valence-electron chi connectivity index (χ4n) is 4.05. The number of fused-ring (bicyclic) bond motifs is 1. The summed E-state index contributed by atoms with van der Waals surface area (Å²) < 4.78 is 21.8. The molecule has 2 aromatic carbocycles. The number of benzene rings is 2. The number of nitrogens with one attached hydrogen (secondary N) is 1. The Labute approximate surface area is 212 Å². The molecule has 0 aliphatic carbocycles. The summed E-state index contributed by atoms with van der Waals surface area (Å²) in [6.07, 6.45) is 1.67. The molecule has 36 heavy (non-hydrogen) atoms. The molecule has 3 aromatic rings. The number of para-hydroxylation sites is 1. The van der Waals surface area contributed by atoms with Gasteiger partial charge in [0.05, 0.1) is 31.0 Å². The molecule has 0 spiro atoms. The van der Waals surface area contributed by atoms with E-state index in [-0.39, 0.29) is 23.9 Å². The average molecular weight is 516 g/mol. The smallest absolute Gasteiger partial charge is 0.240 e. The van der Waals surface area contributed by atoms with E-state index in [0.29, 0.717) is 25.5 Å². The predicted molar refractivity (Wildman–Crippen MR) is 137 cm³/mol. The summed E-state index contributed by atoms with van der Waals surface area (Å²) in [6, 6.07) is 17.1. The van der Waals surface area contributed by atoms with Gasteiger partial charge < -0.3 is 21.3 Å². The van der Waals surface area contributed by atoms with E-state index in [1.807, 2.05) is 58.9 Å². The number of anilines is 1. The van der Waals surface area contributed by atoms with Crippen LogP contribution < -0.4 is 15.4 Å². The molecule has 2 unspecified atom stereocenters. The van der Waals surface area contributed by atoms with Gasteiger partial charge in [0, 0.05) is 18.7 Å². The molecule has 194 valence electrons. The zero-order valence-corrected chi connectivity index (χ0v) is 21.4. The molecular weight excluding hydrogens is 482 g/mol. The molecule has 12 heteroatoms. The highest BCUT2D eigenvalue weighted by Gasteiger charge is 2.33. The lowest BCUT2D eigenvalue weighted by atomic mass is 10.0. The van der Waals surface area contributed by atoms with Crippen LogP contribution in [0.3, 0.4) is 0 Å². The fraction of sp³-hybridized carbons (Fsp3) is 0.417. The summed E-state index contributed by atoms with van der Waals surface area (Å²) in [5.41, 5.74) is 8.01. The predicted octanol–water partition coefficient (Wildman–Crippen LogP) is 0.857. The van der Waals surface area contributed by atoms with E-state index >= 15 is 0 Å². The summed E-state index contributed by atoms with van der Waals surface area (Å²) in [5.74, 6) is 0.174. The number of aromatic nitrogens is 4. The third kappa shape index (κ3) is 6.32. The minimum atomic E-state index is -1.14. The molecule has 1 aliphatic heterocycles. The zero-order chi connectivity index (χ0) is 25.0. The van der Waals surface area contributed by atoms with Crippen molar-refractivity contribution in [3.8, 4) is 0 Å². The van der Waals surface area contributed by atoms with E-state index in [1.165, 1.54) is 0 Å². The maximum Gasteiger partial charge on any atom is 0.240 e. The van der Waals surface area contributed by atoms with Crippen molar-refractivity contribution in [1.82, 2.24) is 25.5 Å².